The van der Waals surface area contributed by atoms with E-state index in [1.807, 2.05) is 85.6 Å². The summed E-state index contributed by atoms with van der Waals surface area (Å²) in [5.41, 5.74) is 2.34. The maximum absolute atomic E-state index is 12.1. The summed E-state index contributed by atoms with van der Waals surface area (Å²) < 4.78 is 4.91. The highest BCUT2D eigenvalue weighted by molar-refractivity contribution is 5.94. The molecule has 0 spiro atoms. The van der Waals surface area contributed by atoms with Gasteiger partial charge in [0.1, 0.15) is 0 Å². The van der Waals surface area contributed by atoms with Crippen LogP contribution in [0.5, 0.6) is 0 Å². The molecule has 4 nitrogen and oxygen atoms in total. The van der Waals surface area contributed by atoms with Crippen LogP contribution in [0.25, 0.3) is 6.08 Å². The third-order valence-corrected chi connectivity index (χ3v) is 4.30. The zero-order chi connectivity index (χ0) is 18.2. The molecule has 132 valence electrons. The third kappa shape index (κ3) is 5.28. The van der Waals surface area contributed by atoms with E-state index in [2.05, 4.69) is 0 Å². The highest BCUT2D eigenvalue weighted by Crippen LogP contribution is 2.21. The topological polar surface area (TPSA) is 49.8 Å². The molecule has 0 aliphatic carbocycles. The van der Waals surface area contributed by atoms with Crippen LogP contribution >= 0.6 is 0 Å². The standard InChI is InChI=1S/C21H25NO3/c1-16(20(23)18-12-8-5-9-13-18)22(2)15-19(21(24)25-3)14-17-10-6-4-7-11-17/h4-14,16,20,23H,15H2,1-3H3/b19-14+/t16-,20-/m0/s1. The highest BCUT2D eigenvalue weighted by atomic mass is 16.5. The summed E-state index contributed by atoms with van der Waals surface area (Å²) in [6, 6.07) is 19.0. The Bertz CT molecular complexity index is 698. The molecule has 4 heteroatoms. The number of ether oxygens (including phenoxy) is 1. The summed E-state index contributed by atoms with van der Waals surface area (Å²) in [5, 5.41) is 10.6. The SMILES string of the molecule is COC(=O)/C(=C/c1ccccc1)CN(C)[C@@H](C)[C@H](O)c1ccccc1. The van der Waals surface area contributed by atoms with Gasteiger partial charge >= 0.3 is 5.97 Å². The summed E-state index contributed by atoms with van der Waals surface area (Å²) in [4.78, 5) is 14.1. The second-order valence-electron chi connectivity index (χ2n) is 6.08. The molecule has 0 aromatic heterocycles. The van der Waals surface area contributed by atoms with Crippen LogP contribution in [-0.4, -0.2) is 42.7 Å². The van der Waals surface area contributed by atoms with E-state index in [4.69, 9.17) is 4.74 Å². The number of carbonyl (C=O) groups excluding carboxylic acids is 1. The van der Waals surface area contributed by atoms with Crippen LogP contribution in [0.2, 0.25) is 0 Å². The van der Waals surface area contributed by atoms with Gasteiger partial charge < -0.3 is 9.84 Å². The van der Waals surface area contributed by atoms with E-state index in [1.165, 1.54) is 7.11 Å². The van der Waals surface area contributed by atoms with Crippen molar-refractivity contribution in [3.63, 3.8) is 0 Å². The number of nitrogens with zero attached hydrogens (tertiary/aromatic N) is 1. The van der Waals surface area contributed by atoms with E-state index in [-0.39, 0.29) is 12.0 Å². The van der Waals surface area contributed by atoms with E-state index in [1.54, 1.807) is 0 Å². The second kappa shape index (κ2) is 9.16. The first-order chi connectivity index (χ1) is 12.0. The number of carbonyl (C=O) groups is 1. The maximum atomic E-state index is 12.1. The molecule has 0 saturated carbocycles. The molecule has 0 heterocycles. The number of hydrogen-bond acceptors (Lipinski definition) is 4. The molecular formula is C21H25NO3. The van der Waals surface area contributed by atoms with Gasteiger partial charge in [-0.3, -0.25) is 4.90 Å². The molecule has 0 aliphatic rings. The number of benzene rings is 2. The summed E-state index contributed by atoms with van der Waals surface area (Å²) >= 11 is 0. The van der Waals surface area contributed by atoms with E-state index >= 15 is 0 Å². The minimum Gasteiger partial charge on any atom is -0.466 e. The Labute approximate surface area is 149 Å². The molecule has 0 radical (unpaired) electrons. The Morgan fingerprint density at radius 1 is 1.12 bits per heavy atom. The van der Waals surface area contributed by atoms with Crippen molar-refractivity contribution in [2.75, 3.05) is 20.7 Å². The summed E-state index contributed by atoms with van der Waals surface area (Å²) in [7, 11) is 3.27. The number of methoxy groups -OCH3 is 1. The molecule has 2 aromatic carbocycles. The molecule has 0 fully saturated rings. The number of likely N-dealkylation sites (N-methyl/N-ethyl adjacent to an activating group) is 1. The van der Waals surface area contributed by atoms with Crippen LogP contribution in [-0.2, 0) is 9.53 Å². The molecular weight excluding hydrogens is 314 g/mol. The predicted molar refractivity (Wildman–Crippen MR) is 99.9 cm³/mol. The third-order valence-electron chi connectivity index (χ3n) is 4.30. The van der Waals surface area contributed by atoms with Crippen molar-refractivity contribution in [3.8, 4) is 0 Å². The van der Waals surface area contributed by atoms with Gasteiger partial charge in [0.15, 0.2) is 0 Å². The molecule has 25 heavy (non-hydrogen) atoms. The van der Waals surface area contributed by atoms with Gasteiger partial charge in [-0.05, 0) is 31.2 Å². The Balaban J connectivity index is 2.15. The van der Waals surface area contributed by atoms with Crippen LogP contribution in [0, 0.1) is 0 Å². The summed E-state index contributed by atoms with van der Waals surface area (Å²) in [5.74, 6) is -0.364. The van der Waals surface area contributed by atoms with Crippen LogP contribution in [0.1, 0.15) is 24.2 Å². The summed E-state index contributed by atoms with van der Waals surface area (Å²) in [6.45, 7) is 2.32. The highest BCUT2D eigenvalue weighted by Gasteiger charge is 2.23. The van der Waals surface area contributed by atoms with Crippen LogP contribution in [0.4, 0.5) is 0 Å². The average molecular weight is 339 g/mol. The normalized spacial score (nSPS) is 14.2. The first-order valence-corrected chi connectivity index (χ1v) is 8.30. The van der Waals surface area contributed by atoms with E-state index in [0.717, 1.165) is 11.1 Å². The zero-order valence-corrected chi connectivity index (χ0v) is 14.9. The molecule has 1 N–H and O–H groups in total. The lowest BCUT2D eigenvalue weighted by Gasteiger charge is -2.29. The minimum atomic E-state index is -0.637. The van der Waals surface area contributed by atoms with Crippen molar-refractivity contribution in [1.82, 2.24) is 4.90 Å². The van der Waals surface area contributed by atoms with Crippen LogP contribution < -0.4 is 0 Å². The first kappa shape index (κ1) is 18.9. The number of rotatable bonds is 7. The quantitative estimate of drug-likeness (QED) is 0.621. The molecule has 0 unspecified atom stereocenters. The lowest BCUT2D eigenvalue weighted by atomic mass is 10.0. The number of aliphatic hydroxyl groups is 1. The van der Waals surface area contributed by atoms with Crippen LogP contribution in [0.3, 0.4) is 0 Å². The lowest BCUT2D eigenvalue weighted by molar-refractivity contribution is -0.136. The van der Waals surface area contributed by atoms with Crippen LogP contribution in [0.15, 0.2) is 66.2 Å². The molecule has 0 bridgehead atoms. The summed E-state index contributed by atoms with van der Waals surface area (Å²) in [6.07, 6.45) is 1.19. The smallest absolute Gasteiger partial charge is 0.335 e. The average Bonchev–Trinajstić information content (AvgIpc) is 2.67. The van der Waals surface area contributed by atoms with Gasteiger partial charge in [-0.1, -0.05) is 60.7 Å². The van der Waals surface area contributed by atoms with Crippen molar-refractivity contribution in [1.29, 1.82) is 0 Å². The molecule has 2 aromatic rings. The second-order valence-corrected chi connectivity index (χ2v) is 6.08. The van der Waals surface area contributed by atoms with Crippen molar-refractivity contribution in [2.24, 2.45) is 0 Å². The zero-order valence-electron chi connectivity index (χ0n) is 14.9. The van der Waals surface area contributed by atoms with Crippen molar-refractivity contribution >= 4 is 12.0 Å². The van der Waals surface area contributed by atoms with Gasteiger partial charge in [0.25, 0.3) is 0 Å². The van der Waals surface area contributed by atoms with Crippen molar-refractivity contribution in [3.05, 3.63) is 77.4 Å². The Morgan fingerprint density at radius 2 is 1.68 bits per heavy atom. The Morgan fingerprint density at radius 3 is 2.24 bits per heavy atom. The molecule has 0 saturated heterocycles. The fourth-order valence-corrected chi connectivity index (χ4v) is 2.63. The van der Waals surface area contributed by atoms with Crippen molar-refractivity contribution in [2.45, 2.75) is 19.1 Å². The first-order valence-electron chi connectivity index (χ1n) is 8.30. The van der Waals surface area contributed by atoms with Gasteiger partial charge in [-0.25, -0.2) is 4.79 Å². The monoisotopic (exact) mass is 339 g/mol. The Hall–Kier alpha value is -2.43. The molecule has 2 rings (SSSR count). The van der Waals surface area contributed by atoms with E-state index < -0.39 is 6.10 Å². The van der Waals surface area contributed by atoms with Gasteiger partial charge in [-0.15, -0.1) is 0 Å². The fourth-order valence-electron chi connectivity index (χ4n) is 2.63. The molecule has 0 amide bonds. The van der Waals surface area contributed by atoms with Gasteiger partial charge in [0.05, 0.1) is 18.8 Å². The maximum Gasteiger partial charge on any atom is 0.335 e. The number of hydrogen-bond donors (Lipinski definition) is 1. The molecule has 0 aliphatic heterocycles. The van der Waals surface area contributed by atoms with Gasteiger partial charge in [0.2, 0.25) is 0 Å². The fraction of sp³-hybridized carbons (Fsp3) is 0.286. The van der Waals surface area contributed by atoms with Gasteiger partial charge in [0, 0.05) is 12.6 Å². The largest absolute Gasteiger partial charge is 0.466 e. The predicted octanol–water partition coefficient (Wildman–Crippen LogP) is 3.30. The van der Waals surface area contributed by atoms with E-state index in [9.17, 15) is 9.90 Å². The molecule has 2 atom stereocenters. The number of aliphatic hydroxyl groups excluding tert-OH is 1. The minimum absolute atomic E-state index is 0.161. The number of esters is 1. The van der Waals surface area contributed by atoms with Crippen molar-refractivity contribution < 1.29 is 14.6 Å². The van der Waals surface area contributed by atoms with Gasteiger partial charge in [-0.2, -0.15) is 0 Å². The lowest BCUT2D eigenvalue weighted by Crippen LogP contribution is -2.36. The Kier molecular flexibility index (Phi) is 6.92. The van der Waals surface area contributed by atoms with E-state index in [0.29, 0.717) is 12.1 Å².